The van der Waals surface area contributed by atoms with E-state index in [2.05, 4.69) is 18.2 Å². The fourth-order valence-electron chi connectivity index (χ4n) is 3.47. The van der Waals surface area contributed by atoms with E-state index >= 15 is 0 Å². The van der Waals surface area contributed by atoms with Crippen LogP contribution in [-0.4, -0.2) is 15.0 Å². The van der Waals surface area contributed by atoms with Gasteiger partial charge in [-0.25, -0.2) is 8.42 Å². The van der Waals surface area contributed by atoms with Gasteiger partial charge in [-0.15, -0.1) is 0 Å². The van der Waals surface area contributed by atoms with E-state index < -0.39 is 10.0 Å². The number of benzene rings is 3. The Morgan fingerprint density at radius 3 is 2.46 bits per heavy atom. The van der Waals surface area contributed by atoms with Gasteiger partial charge in [0, 0.05) is 11.9 Å². The summed E-state index contributed by atoms with van der Waals surface area (Å²) in [6.07, 6.45) is 5.63. The van der Waals surface area contributed by atoms with Crippen LogP contribution in [0, 0.1) is 6.92 Å². The number of rotatable bonds is 2. The van der Waals surface area contributed by atoms with E-state index in [1.165, 1.54) is 0 Å². The van der Waals surface area contributed by atoms with Gasteiger partial charge in [0.05, 0.1) is 10.6 Å². The fourth-order valence-corrected chi connectivity index (χ4v) is 5.01. The molecular formula is C22H21NO2S. The first-order chi connectivity index (χ1) is 12.6. The number of hydrogen-bond donors (Lipinski definition) is 0. The topological polar surface area (TPSA) is 37.4 Å². The Hall–Kier alpha value is -2.59. The van der Waals surface area contributed by atoms with Crippen molar-refractivity contribution in [2.45, 2.75) is 24.7 Å². The number of fused-ring (bicyclic) bond motifs is 3. The molecule has 132 valence electrons. The van der Waals surface area contributed by atoms with Crippen LogP contribution in [0.5, 0.6) is 0 Å². The first kappa shape index (κ1) is 16.9. The smallest absolute Gasteiger partial charge is 0.264 e. The summed E-state index contributed by atoms with van der Waals surface area (Å²) in [5.41, 5.74) is 2.90. The third-order valence-corrected chi connectivity index (χ3v) is 6.66. The van der Waals surface area contributed by atoms with Crippen molar-refractivity contribution in [2.75, 3.05) is 10.8 Å². The maximum atomic E-state index is 13.5. The van der Waals surface area contributed by atoms with Gasteiger partial charge < -0.3 is 0 Å². The lowest BCUT2D eigenvalue weighted by Crippen LogP contribution is -2.33. The Balaban J connectivity index is 1.96. The maximum absolute atomic E-state index is 13.5. The van der Waals surface area contributed by atoms with Crippen molar-refractivity contribution in [1.29, 1.82) is 0 Å². The predicted octanol–water partition coefficient (Wildman–Crippen LogP) is 4.85. The maximum Gasteiger partial charge on any atom is 0.264 e. The van der Waals surface area contributed by atoms with Gasteiger partial charge in [0.1, 0.15) is 0 Å². The normalized spacial score (nSPS) is 16.0. The van der Waals surface area contributed by atoms with Gasteiger partial charge >= 0.3 is 0 Å². The SMILES string of the molecule is Cc1ccc(S(=O)(=O)N2CC/C=C\Cc3ccc4ccccc4c32)cc1. The molecule has 0 atom stereocenters. The molecule has 26 heavy (non-hydrogen) atoms. The molecule has 0 saturated carbocycles. The number of nitrogens with zero attached hydrogens (tertiary/aromatic N) is 1. The highest BCUT2D eigenvalue weighted by Gasteiger charge is 2.28. The van der Waals surface area contributed by atoms with Gasteiger partial charge in [-0.2, -0.15) is 0 Å². The summed E-state index contributed by atoms with van der Waals surface area (Å²) in [6, 6.07) is 19.2. The summed E-state index contributed by atoms with van der Waals surface area (Å²) in [5.74, 6) is 0. The minimum atomic E-state index is -3.62. The molecule has 0 bridgehead atoms. The number of allylic oxidation sites excluding steroid dienone is 1. The quantitative estimate of drug-likeness (QED) is 0.611. The highest BCUT2D eigenvalue weighted by molar-refractivity contribution is 7.92. The Kier molecular flexibility index (Phi) is 4.29. The molecule has 1 aliphatic rings. The number of aryl methyl sites for hydroxylation is 1. The lowest BCUT2D eigenvalue weighted by atomic mass is 10.0. The lowest BCUT2D eigenvalue weighted by Gasteiger charge is -2.29. The number of hydrogen-bond acceptors (Lipinski definition) is 2. The summed E-state index contributed by atoms with van der Waals surface area (Å²) in [7, 11) is -3.62. The Labute approximate surface area is 154 Å². The summed E-state index contributed by atoms with van der Waals surface area (Å²) in [4.78, 5) is 0.339. The van der Waals surface area contributed by atoms with Crippen LogP contribution in [0.25, 0.3) is 10.8 Å². The van der Waals surface area contributed by atoms with Gasteiger partial charge in [-0.1, -0.05) is 66.2 Å². The molecule has 3 aromatic carbocycles. The van der Waals surface area contributed by atoms with Crippen LogP contribution in [0.15, 0.2) is 77.7 Å². The van der Waals surface area contributed by atoms with Crippen molar-refractivity contribution in [1.82, 2.24) is 0 Å². The summed E-state index contributed by atoms with van der Waals surface area (Å²) in [5, 5.41) is 2.04. The van der Waals surface area contributed by atoms with Crippen molar-refractivity contribution < 1.29 is 8.42 Å². The third kappa shape index (κ3) is 2.90. The van der Waals surface area contributed by atoms with E-state index in [0.29, 0.717) is 17.9 Å². The fraction of sp³-hybridized carbons (Fsp3) is 0.182. The second-order valence-corrected chi connectivity index (χ2v) is 8.51. The van der Waals surface area contributed by atoms with E-state index in [9.17, 15) is 8.42 Å². The summed E-state index contributed by atoms with van der Waals surface area (Å²) >= 11 is 0. The molecule has 0 aromatic heterocycles. The molecule has 0 spiro atoms. The summed E-state index contributed by atoms with van der Waals surface area (Å²) < 4.78 is 28.5. The van der Waals surface area contributed by atoms with Crippen LogP contribution >= 0.6 is 0 Å². The Morgan fingerprint density at radius 2 is 1.65 bits per heavy atom. The number of anilines is 1. The average molecular weight is 363 g/mol. The zero-order valence-electron chi connectivity index (χ0n) is 14.7. The minimum Gasteiger partial charge on any atom is -0.265 e. The van der Waals surface area contributed by atoms with Crippen molar-refractivity contribution >= 4 is 26.5 Å². The first-order valence-corrected chi connectivity index (χ1v) is 10.3. The molecule has 4 heteroatoms. The van der Waals surface area contributed by atoms with Gasteiger partial charge in [-0.3, -0.25) is 4.31 Å². The van der Waals surface area contributed by atoms with E-state index in [4.69, 9.17) is 0 Å². The molecule has 0 fully saturated rings. The average Bonchev–Trinajstić information content (AvgIpc) is 2.62. The molecule has 0 aliphatic carbocycles. The van der Waals surface area contributed by atoms with E-state index in [1.807, 2.05) is 49.4 Å². The van der Waals surface area contributed by atoms with Crippen molar-refractivity contribution in [3.05, 3.63) is 83.9 Å². The second kappa shape index (κ2) is 6.61. The van der Waals surface area contributed by atoms with Gasteiger partial charge in [-0.05, 0) is 42.8 Å². The van der Waals surface area contributed by atoms with Crippen LogP contribution < -0.4 is 4.31 Å². The van der Waals surface area contributed by atoms with E-state index in [0.717, 1.165) is 34.0 Å². The van der Waals surface area contributed by atoms with Crippen LogP contribution in [-0.2, 0) is 16.4 Å². The zero-order valence-corrected chi connectivity index (χ0v) is 15.5. The van der Waals surface area contributed by atoms with Crippen LogP contribution in [0.2, 0.25) is 0 Å². The van der Waals surface area contributed by atoms with Crippen molar-refractivity contribution in [3.63, 3.8) is 0 Å². The molecule has 0 N–H and O–H groups in total. The van der Waals surface area contributed by atoms with Crippen LogP contribution in [0.1, 0.15) is 17.5 Å². The van der Waals surface area contributed by atoms with Gasteiger partial charge in [0.2, 0.25) is 0 Å². The summed E-state index contributed by atoms with van der Waals surface area (Å²) in [6.45, 7) is 2.40. The molecule has 0 unspecified atom stereocenters. The molecular weight excluding hydrogens is 342 g/mol. The van der Waals surface area contributed by atoms with Crippen LogP contribution in [0.3, 0.4) is 0 Å². The third-order valence-electron chi connectivity index (χ3n) is 4.85. The monoisotopic (exact) mass is 363 g/mol. The predicted molar refractivity (Wildman–Crippen MR) is 107 cm³/mol. The highest BCUT2D eigenvalue weighted by Crippen LogP contribution is 2.36. The molecule has 0 amide bonds. The molecule has 0 radical (unpaired) electrons. The molecule has 1 aliphatic heterocycles. The van der Waals surface area contributed by atoms with Crippen LogP contribution in [0.4, 0.5) is 5.69 Å². The second-order valence-electron chi connectivity index (χ2n) is 6.65. The van der Waals surface area contributed by atoms with Gasteiger partial charge in [0.15, 0.2) is 0 Å². The Bertz CT molecular complexity index is 1080. The standard InChI is InChI=1S/C22H21NO2S/c1-17-10-14-20(15-11-17)26(24,25)23-16-6-2-3-8-19-13-12-18-7-4-5-9-21(18)22(19)23/h2-5,7,9-15H,6,8,16H2,1H3/b3-2-. The highest BCUT2D eigenvalue weighted by atomic mass is 32.2. The van der Waals surface area contributed by atoms with E-state index in [-0.39, 0.29) is 0 Å². The molecule has 1 heterocycles. The first-order valence-electron chi connectivity index (χ1n) is 8.82. The largest absolute Gasteiger partial charge is 0.265 e. The van der Waals surface area contributed by atoms with Crippen molar-refractivity contribution in [3.8, 4) is 0 Å². The number of sulfonamides is 1. The molecule has 0 saturated heterocycles. The zero-order chi connectivity index (χ0) is 18.1. The minimum absolute atomic E-state index is 0.339. The molecule has 3 nitrogen and oxygen atoms in total. The lowest BCUT2D eigenvalue weighted by molar-refractivity contribution is 0.590. The molecule has 4 rings (SSSR count). The van der Waals surface area contributed by atoms with Crippen molar-refractivity contribution in [2.24, 2.45) is 0 Å². The Morgan fingerprint density at radius 1 is 0.885 bits per heavy atom. The van der Waals surface area contributed by atoms with E-state index in [1.54, 1.807) is 16.4 Å². The van der Waals surface area contributed by atoms with Gasteiger partial charge in [0.25, 0.3) is 10.0 Å². The molecule has 3 aromatic rings.